The largest absolute Gasteiger partial charge is 0.494 e. The van der Waals surface area contributed by atoms with Crippen LogP contribution in [0.5, 0.6) is 11.5 Å². The molecular weight excluding hydrogens is 460 g/mol. The number of amides is 1. The summed E-state index contributed by atoms with van der Waals surface area (Å²) < 4.78 is 41.4. The molecule has 35 heavy (non-hydrogen) atoms. The number of nitrogens with two attached hydrogens (primary N) is 1. The Bertz CT molecular complexity index is 1330. The molecule has 1 saturated heterocycles. The van der Waals surface area contributed by atoms with E-state index in [1.54, 1.807) is 22.7 Å². The maximum atomic E-state index is 14.9. The molecule has 1 aliphatic rings. The average Bonchev–Trinajstić information content (AvgIpc) is 3.50. The molecule has 0 saturated carbocycles. The van der Waals surface area contributed by atoms with Crippen molar-refractivity contribution in [1.29, 1.82) is 0 Å². The van der Waals surface area contributed by atoms with Gasteiger partial charge in [0.15, 0.2) is 28.9 Å². The van der Waals surface area contributed by atoms with Crippen molar-refractivity contribution in [3.8, 4) is 11.5 Å². The van der Waals surface area contributed by atoms with Crippen LogP contribution in [0, 0.1) is 18.6 Å². The van der Waals surface area contributed by atoms with E-state index in [1.165, 1.54) is 20.3 Å². The number of Topliss-reactive ketones (excluding diaryl/α,β-unsaturated/α-hetero) is 1. The number of aryl methyl sites for hydroxylation is 1. The van der Waals surface area contributed by atoms with Crippen LogP contribution < -0.4 is 15.2 Å². The quantitative estimate of drug-likeness (QED) is 0.404. The van der Waals surface area contributed by atoms with Gasteiger partial charge in [-0.3, -0.25) is 14.3 Å². The molecule has 0 aliphatic carbocycles. The van der Waals surface area contributed by atoms with Crippen LogP contribution in [-0.2, 0) is 11.2 Å². The first-order chi connectivity index (χ1) is 16.7. The summed E-state index contributed by atoms with van der Waals surface area (Å²) in [6, 6.07) is 0.846. The number of fused-ring (bicyclic) bond motifs is 1. The number of methoxy groups -OCH3 is 2. The van der Waals surface area contributed by atoms with Gasteiger partial charge in [0.25, 0.3) is 0 Å². The number of pyridine rings is 1. The van der Waals surface area contributed by atoms with Gasteiger partial charge in [-0.25, -0.2) is 13.8 Å². The molecule has 0 spiro atoms. The van der Waals surface area contributed by atoms with Crippen molar-refractivity contribution in [3.63, 3.8) is 0 Å². The Morgan fingerprint density at radius 2 is 1.91 bits per heavy atom. The van der Waals surface area contributed by atoms with Crippen molar-refractivity contribution < 1.29 is 27.8 Å². The Morgan fingerprint density at radius 3 is 2.51 bits per heavy atom. The molecule has 4 rings (SSSR count). The van der Waals surface area contributed by atoms with Crippen molar-refractivity contribution in [2.45, 2.75) is 25.8 Å². The van der Waals surface area contributed by atoms with E-state index in [9.17, 15) is 18.4 Å². The van der Waals surface area contributed by atoms with Gasteiger partial charge in [-0.2, -0.15) is 5.10 Å². The number of carbonyl (C=O) groups is 2. The predicted octanol–water partition coefficient (Wildman–Crippen LogP) is 3.00. The fourth-order valence-electron chi connectivity index (χ4n) is 4.41. The second-order valence-electron chi connectivity index (χ2n) is 8.26. The molecule has 2 N–H and O–H groups in total. The number of hydrogen-bond donors (Lipinski definition) is 1. The van der Waals surface area contributed by atoms with E-state index in [-0.39, 0.29) is 35.0 Å². The molecule has 0 bridgehead atoms. The molecule has 3 heterocycles. The molecule has 2 aromatic heterocycles. The number of hydrogen-bond acceptors (Lipinski definition) is 7. The zero-order chi connectivity index (χ0) is 25.4. The lowest BCUT2D eigenvalue weighted by Gasteiger charge is -2.15. The van der Waals surface area contributed by atoms with Gasteiger partial charge in [0.05, 0.1) is 31.2 Å². The van der Waals surface area contributed by atoms with Gasteiger partial charge in [0.2, 0.25) is 5.91 Å². The van der Waals surface area contributed by atoms with Crippen molar-refractivity contribution in [3.05, 3.63) is 53.4 Å². The van der Waals surface area contributed by atoms with E-state index in [0.29, 0.717) is 30.4 Å². The molecule has 1 aromatic carbocycles. The summed E-state index contributed by atoms with van der Waals surface area (Å²) in [4.78, 5) is 31.2. The maximum Gasteiger partial charge on any atom is 0.246 e. The van der Waals surface area contributed by atoms with Gasteiger partial charge >= 0.3 is 0 Å². The summed E-state index contributed by atoms with van der Waals surface area (Å²) in [5, 5.41) is 4.83. The second kappa shape index (κ2) is 9.32. The molecule has 0 unspecified atom stereocenters. The number of anilines is 1. The highest BCUT2D eigenvalue weighted by Gasteiger charge is 2.32. The fourth-order valence-corrected chi connectivity index (χ4v) is 4.41. The molecule has 184 valence electrons. The Balaban J connectivity index is 1.80. The van der Waals surface area contributed by atoms with Crippen LogP contribution in [0.25, 0.3) is 10.9 Å². The molecular formula is C24H25F2N5O4. The number of likely N-dealkylation sites (tertiary alicyclic amines) is 1. The van der Waals surface area contributed by atoms with E-state index in [2.05, 4.69) is 16.7 Å². The van der Waals surface area contributed by atoms with Gasteiger partial charge in [-0.15, -0.1) is 0 Å². The van der Waals surface area contributed by atoms with Gasteiger partial charge in [-0.05, 0) is 25.0 Å². The van der Waals surface area contributed by atoms with Gasteiger partial charge in [-0.1, -0.05) is 6.58 Å². The van der Waals surface area contributed by atoms with Crippen LogP contribution >= 0.6 is 0 Å². The van der Waals surface area contributed by atoms with Crippen LogP contribution in [0.1, 0.15) is 34.1 Å². The third-order valence-electron chi connectivity index (χ3n) is 6.20. The van der Waals surface area contributed by atoms with Gasteiger partial charge < -0.3 is 20.1 Å². The minimum Gasteiger partial charge on any atom is -0.494 e. The monoisotopic (exact) mass is 485 g/mol. The lowest BCUT2D eigenvalue weighted by Crippen LogP contribution is -2.27. The number of nitrogen functional groups attached to an aromatic ring is 1. The highest BCUT2D eigenvalue weighted by Crippen LogP contribution is 2.35. The summed E-state index contributed by atoms with van der Waals surface area (Å²) in [5.74, 6) is -3.29. The van der Waals surface area contributed by atoms with Gasteiger partial charge in [0, 0.05) is 37.3 Å². The highest BCUT2D eigenvalue weighted by molar-refractivity contribution is 6.10. The first-order valence-corrected chi connectivity index (χ1v) is 10.9. The lowest BCUT2D eigenvalue weighted by atomic mass is 10.0. The molecule has 9 nitrogen and oxygen atoms in total. The van der Waals surface area contributed by atoms with E-state index in [4.69, 9.17) is 15.2 Å². The number of halogens is 2. The van der Waals surface area contributed by atoms with Crippen molar-refractivity contribution in [1.82, 2.24) is 19.7 Å². The Labute approximate surface area is 200 Å². The summed E-state index contributed by atoms with van der Waals surface area (Å²) in [6.07, 6.45) is 2.77. The number of rotatable bonds is 7. The smallest absolute Gasteiger partial charge is 0.246 e. The average molecular weight is 485 g/mol. The first-order valence-electron chi connectivity index (χ1n) is 10.9. The number of nitrogens with zero attached hydrogens (tertiary/aromatic N) is 4. The Kier molecular flexibility index (Phi) is 6.42. The summed E-state index contributed by atoms with van der Waals surface area (Å²) in [6.45, 7) is 6.19. The summed E-state index contributed by atoms with van der Waals surface area (Å²) in [5.41, 5.74) is 6.88. The van der Waals surface area contributed by atoms with Crippen LogP contribution in [-0.4, -0.2) is 58.7 Å². The SMILES string of the molecule is C=CC(=O)N1CC[C@H](n2nc(C(=O)Cc3c(F)c(OC)cc(OC)c3F)c3c(N)ncc(C)c32)C1. The molecule has 11 heteroatoms. The third-order valence-corrected chi connectivity index (χ3v) is 6.20. The standard InChI is InChI=1S/C24H25F2N5O4/c1-5-18(33)30-7-6-13(11-30)31-23-12(2)10-28-24(27)19(23)22(29-31)15(32)8-14-20(25)16(34-3)9-17(35-4)21(14)26/h5,9-10,13H,1,6-8,11H2,2-4H3,(H2,27,28)/t13-/m0/s1. The van der Waals surface area contributed by atoms with Crippen LogP contribution in [0.15, 0.2) is 24.9 Å². The second-order valence-corrected chi connectivity index (χ2v) is 8.26. The van der Waals surface area contributed by atoms with Crippen LogP contribution in [0.4, 0.5) is 14.6 Å². The molecule has 1 amide bonds. The molecule has 0 radical (unpaired) electrons. The predicted molar refractivity (Wildman–Crippen MR) is 125 cm³/mol. The van der Waals surface area contributed by atoms with Crippen molar-refractivity contribution in [2.24, 2.45) is 0 Å². The number of ketones is 1. The minimum atomic E-state index is -1.00. The fraction of sp³-hybridized carbons (Fsp3) is 0.333. The van der Waals surface area contributed by atoms with Gasteiger partial charge in [0.1, 0.15) is 11.5 Å². The van der Waals surface area contributed by atoms with E-state index in [0.717, 1.165) is 11.6 Å². The Morgan fingerprint density at radius 1 is 1.26 bits per heavy atom. The highest BCUT2D eigenvalue weighted by atomic mass is 19.1. The third kappa shape index (κ3) is 4.07. The lowest BCUT2D eigenvalue weighted by molar-refractivity contribution is -0.125. The van der Waals surface area contributed by atoms with Crippen LogP contribution in [0.2, 0.25) is 0 Å². The zero-order valence-electron chi connectivity index (χ0n) is 19.6. The number of aromatic nitrogens is 3. The topological polar surface area (TPSA) is 113 Å². The number of carbonyl (C=O) groups excluding carboxylic acids is 2. The normalized spacial score (nSPS) is 15.5. The van der Waals surface area contributed by atoms with Crippen molar-refractivity contribution in [2.75, 3.05) is 33.0 Å². The molecule has 1 fully saturated rings. The van der Waals surface area contributed by atoms with E-state index < -0.39 is 29.4 Å². The van der Waals surface area contributed by atoms with E-state index >= 15 is 0 Å². The summed E-state index contributed by atoms with van der Waals surface area (Å²) in [7, 11) is 2.46. The maximum absolute atomic E-state index is 14.9. The summed E-state index contributed by atoms with van der Waals surface area (Å²) >= 11 is 0. The minimum absolute atomic E-state index is 0.0530. The molecule has 3 aromatic rings. The molecule has 1 atom stereocenters. The first kappa shape index (κ1) is 24.1. The van der Waals surface area contributed by atoms with Crippen molar-refractivity contribution >= 4 is 28.4 Å². The number of benzene rings is 1. The Hall–Kier alpha value is -4.02. The van der Waals surface area contributed by atoms with E-state index in [1.807, 2.05) is 0 Å². The zero-order valence-corrected chi connectivity index (χ0v) is 19.6. The van der Waals surface area contributed by atoms with Crippen LogP contribution in [0.3, 0.4) is 0 Å². The molecule has 1 aliphatic heterocycles. The number of ether oxygens (including phenoxy) is 2.